The highest BCUT2D eigenvalue weighted by Gasteiger charge is 2.50. The molecule has 5 nitrogen and oxygen atoms in total. The number of amides is 1. The highest BCUT2D eigenvalue weighted by atomic mass is 19.1. The zero-order valence-electron chi connectivity index (χ0n) is 17.5. The molecule has 0 N–H and O–H groups in total. The van der Waals surface area contributed by atoms with Crippen molar-refractivity contribution in [3.8, 4) is 0 Å². The normalized spacial score (nSPS) is 27.5. The number of fused-ring (bicyclic) bond motifs is 1. The number of carbonyl (C=O) groups is 1. The third kappa shape index (κ3) is 3.47. The molecule has 1 aromatic carbocycles. The Morgan fingerprint density at radius 2 is 1.80 bits per heavy atom. The summed E-state index contributed by atoms with van der Waals surface area (Å²) < 4.78 is 14.3. The number of pyridine rings is 1. The maximum atomic E-state index is 14.3. The first kappa shape index (κ1) is 19.5. The van der Waals surface area contributed by atoms with Crippen molar-refractivity contribution in [1.29, 1.82) is 0 Å². The van der Waals surface area contributed by atoms with Gasteiger partial charge in [0.1, 0.15) is 0 Å². The van der Waals surface area contributed by atoms with E-state index in [0.29, 0.717) is 23.6 Å². The first-order chi connectivity index (χ1) is 14.6. The third-order valence-electron chi connectivity index (χ3n) is 7.19. The summed E-state index contributed by atoms with van der Waals surface area (Å²) in [5.41, 5.74) is 1.19. The van der Waals surface area contributed by atoms with Crippen LogP contribution in [-0.4, -0.2) is 60.5 Å². The van der Waals surface area contributed by atoms with Crippen molar-refractivity contribution in [2.45, 2.75) is 18.9 Å². The number of benzene rings is 1. The molecule has 0 radical (unpaired) electrons. The van der Waals surface area contributed by atoms with Crippen molar-refractivity contribution in [3.63, 3.8) is 0 Å². The Labute approximate surface area is 177 Å². The fourth-order valence-electron chi connectivity index (χ4n) is 5.62. The molecule has 0 aliphatic carbocycles. The summed E-state index contributed by atoms with van der Waals surface area (Å²) in [7, 11) is 2.12. The van der Waals surface area contributed by atoms with E-state index >= 15 is 0 Å². The number of hydrogen-bond donors (Lipinski definition) is 0. The average molecular weight is 409 g/mol. The van der Waals surface area contributed by atoms with Crippen LogP contribution in [0.5, 0.6) is 0 Å². The molecule has 3 aliphatic heterocycles. The zero-order valence-corrected chi connectivity index (χ0v) is 17.5. The molecule has 2 aromatic rings. The minimum Gasteiger partial charge on any atom is -0.353 e. The summed E-state index contributed by atoms with van der Waals surface area (Å²) >= 11 is 0. The van der Waals surface area contributed by atoms with Gasteiger partial charge in [-0.2, -0.15) is 0 Å². The number of rotatable bonds is 3. The van der Waals surface area contributed by atoms with Crippen molar-refractivity contribution < 1.29 is 9.18 Å². The topological polar surface area (TPSA) is 39.7 Å². The second-order valence-electron chi connectivity index (χ2n) is 9.06. The molecule has 0 bridgehead atoms. The molecule has 3 fully saturated rings. The summed E-state index contributed by atoms with van der Waals surface area (Å²) in [4.78, 5) is 24.3. The van der Waals surface area contributed by atoms with Crippen LogP contribution in [0.3, 0.4) is 0 Å². The van der Waals surface area contributed by atoms with Gasteiger partial charge in [-0.3, -0.25) is 4.79 Å². The van der Waals surface area contributed by atoms with Crippen molar-refractivity contribution in [2.24, 2.45) is 17.8 Å². The molecule has 0 spiro atoms. The molecular weight excluding hydrogens is 379 g/mol. The quantitative estimate of drug-likeness (QED) is 0.782. The summed E-state index contributed by atoms with van der Waals surface area (Å²) in [6.45, 7) is 4.20. The molecule has 4 heterocycles. The Morgan fingerprint density at radius 1 is 1.03 bits per heavy atom. The highest BCUT2D eigenvalue weighted by molar-refractivity contribution is 5.80. The molecular formula is C24H29FN4O. The lowest BCUT2D eigenvalue weighted by molar-refractivity contribution is -0.138. The van der Waals surface area contributed by atoms with Crippen molar-refractivity contribution >= 4 is 11.7 Å². The Balaban J connectivity index is 1.41. The standard InChI is InChI=1S/C24H29FN4O/c1-27-12-9-18(10-13-27)24(30)29-15-19-14-28(23-21(25)8-5-11-26-23)16-20(19)22(29)17-6-3-2-4-7-17/h2-8,11,18-20,22H,9-10,12-16H2,1H3/t19-,20-,22+/m0/s1. The summed E-state index contributed by atoms with van der Waals surface area (Å²) in [6.07, 6.45) is 3.53. The smallest absolute Gasteiger partial charge is 0.226 e. The molecule has 158 valence electrons. The van der Waals surface area contributed by atoms with Gasteiger partial charge in [0.2, 0.25) is 5.91 Å². The van der Waals surface area contributed by atoms with E-state index in [1.807, 2.05) is 18.2 Å². The van der Waals surface area contributed by atoms with Crippen LogP contribution in [0.2, 0.25) is 0 Å². The Bertz CT molecular complexity index is 899. The summed E-state index contributed by atoms with van der Waals surface area (Å²) in [6, 6.07) is 13.5. The molecule has 6 heteroatoms. The number of likely N-dealkylation sites (tertiary alicyclic amines) is 2. The van der Waals surface area contributed by atoms with Crippen LogP contribution in [0.4, 0.5) is 10.2 Å². The van der Waals surface area contributed by atoms with E-state index in [2.05, 4.69) is 38.9 Å². The lowest BCUT2D eigenvalue weighted by Crippen LogP contribution is -2.43. The maximum absolute atomic E-state index is 14.3. The van der Waals surface area contributed by atoms with Crippen LogP contribution in [0.15, 0.2) is 48.7 Å². The number of halogens is 1. The van der Waals surface area contributed by atoms with E-state index in [4.69, 9.17) is 0 Å². The Hall–Kier alpha value is -2.47. The van der Waals surface area contributed by atoms with Crippen LogP contribution in [0, 0.1) is 23.6 Å². The monoisotopic (exact) mass is 408 g/mol. The number of piperidine rings is 1. The molecule has 3 atom stereocenters. The van der Waals surface area contributed by atoms with E-state index in [1.54, 1.807) is 12.3 Å². The fraction of sp³-hybridized carbons (Fsp3) is 0.500. The predicted molar refractivity (Wildman–Crippen MR) is 115 cm³/mol. The SMILES string of the molecule is CN1CCC(C(=O)N2C[C@@H]3CN(c4ncccc4F)C[C@@H]3[C@H]2c2ccccc2)CC1. The summed E-state index contributed by atoms with van der Waals surface area (Å²) in [5, 5.41) is 0. The highest BCUT2D eigenvalue weighted by Crippen LogP contribution is 2.46. The second kappa shape index (κ2) is 7.99. The number of carbonyl (C=O) groups excluding carboxylic acids is 1. The average Bonchev–Trinajstić information content (AvgIpc) is 3.32. The van der Waals surface area contributed by atoms with E-state index in [9.17, 15) is 9.18 Å². The molecule has 1 aromatic heterocycles. The van der Waals surface area contributed by atoms with Crippen LogP contribution in [0.25, 0.3) is 0 Å². The van der Waals surface area contributed by atoms with Crippen LogP contribution < -0.4 is 4.90 Å². The van der Waals surface area contributed by atoms with Gasteiger partial charge in [-0.05, 0) is 50.7 Å². The van der Waals surface area contributed by atoms with Gasteiger partial charge in [-0.15, -0.1) is 0 Å². The van der Waals surface area contributed by atoms with Gasteiger partial charge in [0, 0.05) is 43.6 Å². The minimum absolute atomic E-state index is 0.0557. The van der Waals surface area contributed by atoms with Crippen molar-refractivity contribution in [2.75, 3.05) is 44.7 Å². The molecule has 0 unspecified atom stereocenters. The number of anilines is 1. The lowest BCUT2D eigenvalue weighted by Gasteiger charge is -2.35. The van der Waals surface area contributed by atoms with Gasteiger partial charge in [-0.25, -0.2) is 9.37 Å². The molecule has 3 aliphatic rings. The van der Waals surface area contributed by atoms with Gasteiger partial charge in [-0.1, -0.05) is 30.3 Å². The molecule has 5 rings (SSSR count). The third-order valence-corrected chi connectivity index (χ3v) is 7.19. The van der Waals surface area contributed by atoms with Gasteiger partial charge < -0.3 is 14.7 Å². The van der Waals surface area contributed by atoms with E-state index < -0.39 is 0 Å². The number of hydrogen-bond acceptors (Lipinski definition) is 4. The fourth-order valence-corrected chi connectivity index (χ4v) is 5.62. The number of nitrogens with zero attached hydrogens (tertiary/aromatic N) is 4. The lowest BCUT2D eigenvalue weighted by atomic mass is 9.89. The number of aromatic nitrogens is 1. The van der Waals surface area contributed by atoms with Crippen LogP contribution in [0.1, 0.15) is 24.4 Å². The van der Waals surface area contributed by atoms with Gasteiger partial charge in [0.25, 0.3) is 0 Å². The van der Waals surface area contributed by atoms with Gasteiger partial charge in [0.15, 0.2) is 11.6 Å². The van der Waals surface area contributed by atoms with Gasteiger partial charge >= 0.3 is 0 Å². The molecule has 3 saturated heterocycles. The first-order valence-electron chi connectivity index (χ1n) is 11.0. The minimum atomic E-state index is -0.270. The Kier molecular flexibility index (Phi) is 5.19. The van der Waals surface area contributed by atoms with E-state index in [-0.39, 0.29) is 17.8 Å². The van der Waals surface area contributed by atoms with Gasteiger partial charge in [0.05, 0.1) is 6.04 Å². The second-order valence-corrected chi connectivity index (χ2v) is 9.06. The van der Waals surface area contributed by atoms with Crippen molar-refractivity contribution in [3.05, 3.63) is 60.0 Å². The largest absolute Gasteiger partial charge is 0.353 e. The van der Waals surface area contributed by atoms with Crippen molar-refractivity contribution in [1.82, 2.24) is 14.8 Å². The van der Waals surface area contributed by atoms with E-state index in [1.165, 1.54) is 11.6 Å². The van der Waals surface area contributed by atoms with Crippen LogP contribution >= 0.6 is 0 Å². The zero-order chi connectivity index (χ0) is 20.7. The predicted octanol–water partition coefficient (Wildman–Crippen LogP) is 3.20. The molecule has 1 amide bonds. The maximum Gasteiger partial charge on any atom is 0.226 e. The Morgan fingerprint density at radius 3 is 2.53 bits per heavy atom. The van der Waals surface area contributed by atoms with E-state index in [0.717, 1.165) is 45.6 Å². The first-order valence-corrected chi connectivity index (χ1v) is 11.0. The molecule has 0 saturated carbocycles. The summed E-state index contributed by atoms with van der Waals surface area (Å²) in [5.74, 6) is 1.23. The van der Waals surface area contributed by atoms with Crippen LogP contribution in [-0.2, 0) is 4.79 Å². The molecule has 30 heavy (non-hydrogen) atoms.